The van der Waals surface area contributed by atoms with Gasteiger partial charge in [0.15, 0.2) is 11.6 Å². The molecule has 0 saturated heterocycles. The molecule has 4 rings (SSSR count). The Morgan fingerprint density at radius 3 is 2.71 bits per heavy atom. The number of rotatable bonds is 4. The summed E-state index contributed by atoms with van der Waals surface area (Å²) >= 11 is 0. The molecule has 0 heterocycles. The van der Waals surface area contributed by atoms with E-state index in [0.717, 1.165) is 12.0 Å². The zero-order chi connectivity index (χ0) is 20.3. The normalized spacial score (nSPS) is 46.8. The smallest absolute Gasteiger partial charge is 0.178 e. The highest BCUT2D eigenvalue weighted by Crippen LogP contribution is 2.67. The van der Waals surface area contributed by atoms with E-state index in [2.05, 4.69) is 17.3 Å². The van der Waals surface area contributed by atoms with E-state index >= 15 is 0 Å². The number of fused-ring (bicyclic) bond motifs is 5. The van der Waals surface area contributed by atoms with Gasteiger partial charge in [-0.25, -0.2) is 0 Å². The number of carbonyl (C=O) groups is 2. The van der Waals surface area contributed by atoms with Gasteiger partial charge in [0.05, 0.1) is 6.04 Å². The Morgan fingerprint density at radius 1 is 1.29 bits per heavy atom. The molecule has 0 aromatic heterocycles. The fraction of sp³-hybridized carbons (Fsp3) is 0.714. The van der Waals surface area contributed by atoms with Crippen molar-refractivity contribution in [3.8, 4) is 0 Å². The molecule has 7 atom stereocenters. The summed E-state index contributed by atoms with van der Waals surface area (Å²) < 4.78 is 0. The lowest BCUT2D eigenvalue weighted by Crippen LogP contribution is -2.70. The highest BCUT2D eigenvalue weighted by molar-refractivity contribution is 6.01. The van der Waals surface area contributed by atoms with Crippen molar-refractivity contribution >= 4 is 11.6 Å². The monoisotopic (exact) mass is 385 g/mol. The molecule has 3 saturated carbocycles. The van der Waals surface area contributed by atoms with Crippen LogP contribution in [-0.4, -0.2) is 29.7 Å². The first kappa shape index (κ1) is 19.3. The van der Waals surface area contributed by atoms with E-state index in [9.17, 15) is 19.4 Å². The topological polar surface area (TPSA) is 119 Å². The van der Waals surface area contributed by atoms with Gasteiger partial charge < -0.3 is 5.73 Å². The van der Waals surface area contributed by atoms with E-state index in [1.54, 1.807) is 12.2 Å². The molecule has 4 aliphatic carbocycles. The van der Waals surface area contributed by atoms with E-state index < -0.39 is 22.4 Å². The number of nitrogens with zero attached hydrogens (tertiary/aromatic N) is 2. The second-order valence-electron chi connectivity index (χ2n) is 9.60. The molecule has 0 aromatic carbocycles. The first-order valence-corrected chi connectivity index (χ1v) is 10.1. The van der Waals surface area contributed by atoms with Crippen LogP contribution in [-0.2, 0) is 9.59 Å². The molecule has 0 radical (unpaired) electrons. The summed E-state index contributed by atoms with van der Waals surface area (Å²) in [6.07, 6.45) is 8.47. The number of ketones is 2. The average Bonchev–Trinajstić information content (AvgIpc) is 3.00. The van der Waals surface area contributed by atoms with Gasteiger partial charge in [0, 0.05) is 22.8 Å². The summed E-state index contributed by atoms with van der Waals surface area (Å²) in [5, 5.41) is 6.30. The predicted octanol–water partition coefficient (Wildman–Crippen LogP) is 3.07. The maximum Gasteiger partial charge on any atom is 0.178 e. The van der Waals surface area contributed by atoms with Crippen molar-refractivity contribution in [2.75, 3.05) is 6.54 Å². The standard InChI is InChI=1S/C21H27N3O4/c1-19-7-6-13(25)9-12(19)5-8-21(22)17-4-3-14(16(26)11-23-27)20(17,2)10-15(24-28)18(19)21/h6-7,9,14-15,17-18H,3-5,8,10-11,22H2,1-2H3/t14-,15+,17?,18?,19+,20-,21-/m1/s1. The summed E-state index contributed by atoms with van der Waals surface area (Å²) in [5.41, 5.74) is 6.56. The highest BCUT2D eigenvalue weighted by atomic mass is 16.3. The number of carbonyl (C=O) groups excluding carboxylic acids is 2. The van der Waals surface area contributed by atoms with Crippen LogP contribution in [0.15, 0.2) is 34.2 Å². The third-order valence-electron chi connectivity index (χ3n) is 8.42. The number of hydrogen-bond acceptors (Lipinski definition) is 7. The van der Waals surface area contributed by atoms with Crippen LogP contribution in [0.4, 0.5) is 0 Å². The van der Waals surface area contributed by atoms with Gasteiger partial charge in [0.2, 0.25) is 0 Å². The zero-order valence-electron chi connectivity index (χ0n) is 16.4. The third kappa shape index (κ3) is 2.38. The Hall–Kier alpha value is -2.02. The van der Waals surface area contributed by atoms with Crippen LogP contribution < -0.4 is 5.73 Å². The highest BCUT2D eigenvalue weighted by Gasteiger charge is 2.68. The van der Waals surface area contributed by atoms with Gasteiger partial charge >= 0.3 is 0 Å². The van der Waals surface area contributed by atoms with E-state index in [-0.39, 0.29) is 35.9 Å². The molecule has 2 N–H and O–H groups in total. The van der Waals surface area contributed by atoms with Gasteiger partial charge in [0.25, 0.3) is 0 Å². The van der Waals surface area contributed by atoms with E-state index in [0.29, 0.717) is 25.7 Å². The summed E-state index contributed by atoms with van der Waals surface area (Å²) in [6.45, 7) is 3.76. The number of nitrogens with two attached hydrogens (primary N) is 1. The lowest BCUT2D eigenvalue weighted by Gasteiger charge is -2.63. The molecule has 2 unspecified atom stereocenters. The Labute approximate surface area is 164 Å². The van der Waals surface area contributed by atoms with Crippen LogP contribution in [0.1, 0.15) is 46.0 Å². The SMILES string of the molecule is C[C@]12C=CC(=O)C=C1CC[C@]1(N)C2[C@@H](N=O)C[C@@]2(C)C1CC[C@@H]2C(=O)CN=O. The zero-order valence-corrected chi connectivity index (χ0v) is 16.4. The Bertz CT molecular complexity index is 820. The van der Waals surface area contributed by atoms with Crippen molar-refractivity contribution in [2.45, 2.75) is 57.5 Å². The molecule has 28 heavy (non-hydrogen) atoms. The largest absolute Gasteiger partial charge is 0.324 e. The van der Waals surface area contributed by atoms with E-state index in [1.807, 2.05) is 13.0 Å². The lowest BCUT2D eigenvalue weighted by atomic mass is 9.43. The number of allylic oxidation sites excluding steroid dienone is 4. The van der Waals surface area contributed by atoms with E-state index in [4.69, 9.17) is 5.73 Å². The van der Waals surface area contributed by atoms with Crippen LogP contribution in [0.3, 0.4) is 0 Å². The van der Waals surface area contributed by atoms with Gasteiger partial charge in [0.1, 0.15) is 6.54 Å². The molecule has 0 spiro atoms. The van der Waals surface area contributed by atoms with Crippen LogP contribution in [0.25, 0.3) is 0 Å². The Kier molecular flexibility index (Phi) is 4.30. The summed E-state index contributed by atoms with van der Waals surface area (Å²) in [7, 11) is 0. The molecule has 0 amide bonds. The maximum absolute atomic E-state index is 12.6. The van der Waals surface area contributed by atoms with Gasteiger partial charge in [-0.3, -0.25) is 9.59 Å². The van der Waals surface area contributed by atoms with Gasteiger partial charge in [-0.05, 0) is 55.6 Å². The molecule has 0 aliphatic heterocycles. The van der Waals surface area contributed by atoms with Crippen molar-refractivity contribution in [3.63, 3.8) is 0 Å². The molecule has 7 heteroatoms. The van der Waals surface area contributed by atoms with Crippen molar-refractivity contribution in [1.82, 2.24) is 0 Å². The molecular formula is C21H27N3O4. The number of nitroso groups, excluding NO2 is 2. The van der Waals surface area contributed by atoms with Crippen LogP contribution in [0.5, 0.6) is 0 Å². The Balaban J connectivity index is 1.79. The summed E-state index contributed by atoms with van der Waals surface area (Å²) in [5.74, 6) is -0.640. The van der Waals surface area contributed by atoms with Gasteiger partial charge in [-0.2, -0.15) is 9.81 Å². The number of Topliss-reactive ketones (excluding diaryl/α,β-unsaturated/α-hetero) is 1. The lowest BCUT2D eigenvalue weighted by molar-refractivity contribution is -0.129. The molecule has 3 fully saturated rings. The quantitative estimate of drug-likeness (QED) is 0.746. The van der Waals surface area contributed by atoms with Crippen molar-refractivity contribution in [3.05, 3.63) is 33.6 Å². The predicted molar refractivity (Wildman–Crippen MR) is 104 cm³/mol. The minimum atomic E-state index is -0.647. The summed E-state index contributed by atoms with van der Waals surface area (Å²) in [4.78, 5) is 47.2. The van der Waals surface area contributed by atoms with Crippen molar-refractivity contribution in [2.24, 2.45) is 44.7 Å². The summed E-state index contributed by atoms with van der Waals surface area (Å²) in [6, 6.07) is -0.546. The van der Waals surface area contributed by atoms with Gasteiger partial charge in [-0.15, -0.1) is 0 Å². The molecule has 4 aliphatic rings. The second-order valence-corrected chi connectivity index (χ2v) is 9.60. The first-order chi connectivity index (χ1) is 13.2. The van der Waals surface area contributed by atoms with E-state index in [1.165, 1.54) is 0 Å². The molecule has 7 nitrogen and oxygen atoms in total. The van der Waals surface area contributed by atoms with Crippen molar-refractivity contribution < 1.29 is 9.59 Å². The first-order valence-electron chi connectivity index (χ1n) is 10.1. The molecule has 150 valence electrons. The number of hydrogen-bond donors (Lipinski definition) is 1. The van der Waals surface area contributed by atoms with Crippen LogP contribution >= 0.6 is 0 Å². The van der Waals surface area contributed by atoms with Crippen molar-refractivity contribution in [1.29, 1.82) is 0 Å². The van der Waals surface area contributed by atoms with Gasteiger partial charge in [-0.1, -0.05) is 35.9 Å². The molecule has 0 bridgehead atoms. The fourth-order valence-corrected chi connectivity index (χ4v) is 7.37. The minimum Gasteiger partial charge on any atom is -0.324 e. The Morgan fingerprint density at radius 2 is 2.04 bits per heavy atom. The van der Waals surface area contributed by atoms with Crippen LogP contribution in [0.2, 0.25) is 0 Å². The molecule has 0 aromatic rings. The minimum absolute atomic E-state index is 0.0267. The fourth-order valence-electron chi connectivity index (χ4n) is 7.37. The maximum atomic E-state index is 12.6. The average molecular weight is 385 g/mol. The third-order valence-corrected chi connectivity index (χ3v) is 8.42. The second kappa shape index (κ2) is 6.24. The molecular weight excluding hydrogens is 358 g/mol. The van der Waals surface area contributed by atoms with Crippen LogP contribution in [0, 0.1) is 38.4 Å².